The molecule has 0 atom stereocenters. The lowest BCUT2D eigenvalue weighted by molar-refractivity contribution is 0.283. The lowest BCUT2D eigenvalue weighted by Crippen LogP contribution is -2.24. The maximum absolute atomic E-state index is 8.78. The van der Waals surface area contributed by atoms with Gasteiger partial charge in [-0.2, -0.15) is 0 Å². The van der Waals surface area contributed by atoms with Gasteiger partial charge in [0.1, 0.15) is 4.99 Å². The van der Waals surface area contributed by atoms with Gasteiger partial charge in [0.05, 0.1) is 11.3 Å². The zero-order valence-corrected chi connectivity index (χ0v) is 12.8. The zero-order valence-electron chi connectivity index (χ0n) is 11.9. The van der Waals surface area contributed by atoms with E-state index in [1.165, 1.54) is 0 Å². The van der Waals surface area contributed by atoms with Gasteiger partial charge in [0, 0.05) is 31.6 Å². The molecule has 0 radical (unpaired) electrons. The van der Waals surface area contributed by atoms with Gasteiger partial charge >= 0.3 is 0 Å². The first-order valence-electron chi connectivity index (χ1n) is 6.57. The summed E-state index contributed by atoms with van der Waals surface area (Å²) in [6, 6.07) is 2.02. The summed E-state index contributed by atoms with van der Waals surface area (Å²) >= 11 is 5.13. The molecule has 0 aromatic carbocycles. The Kier molecular flexibility index (Phi) is 6.18. The van der Waals surface area contributed by atoms with E-state index in [2.05, 4.69) is 9.88 Å². The minimum atomic E-state index is 0.259. The third-order valence-electron chi connectivity index (χ3n) is 3.12. The minimum absolute atomic E-state index is 0.259. The Balaban J connectivity index is 2.88. The number of aromatic nitrogens is 1. The van der Waals surface area contributed by atoms with E-state index in [1.54, 1.807) is 0 Å². The quantitative estimate of drug-likeness (QED) is 0.591. The number of rotatable bonds is 7. The molecule has 1 rings (SSSR count). The van der Waals surface area contributed by atoms with E-state index in [9.17, 15) is 0 Å². The highest BCUT2D eigenvalue weighted by molar-refractivity contribution is 7.80. The number of aryl methyl sites for hydroxylation is 2. The van der Waals surface area contributed by atoms with Crippen LogP contribution in [-0.4, -0.2) is 35.3 Å². The Bertz CT molecular complexity index is 449. The van der Waals surface area contributed by atoms with Gasteiger partial charge in [0.2, 0.25) is 0 Å². The van der Waals surface area contributed by atoms with Gasteiger partial charge in [-0.25, -0.2) is 0 Å². The van der Waals surface area contributed by atoms with E-state index in [4.69, 9.17) is 23.1 Å². The van der Waals surface area contributed by atoms with Crippen molar-refractivity contribution in [3.8, 4) is 0 Å². The monoisotopic (exact) mass is 281 g/mol. The highest BCUT2D eigenvalue weighted by Gasteiger charge is 2.14. The number of hydrogen-bond donors (Lipinski definition) is 2. The molecule has 1 heterocycles. The summed E-state index contributed by atoms with van der Waals surface area (Å²) in [5.41, 5.74) is 9.57. The van der Waals surface area contributed by atoms with E-state index in [0.29, 0.717) is 4.99 Å². The third-order valence-corrected chi connectivity index (χ3v) is 3.32. The molecule has 0 aliphatic carbocycles. The molecule has 106 valence electrons. The Morgan fingerprint density at radius 1 is 1.37 bits per heavy atom. The molecule has 1 aromatic heterocycles. The Labute approximate surface area is 120 Å². The molecule has 5 heteroatoms. The molecule has 3 N–H and O–H groups in total. The van der Waals surface area contributed by atoms with E-state index < -0.39 is 0 Å². The van der Waals surface area contributed by atoms with E-state index in [0.717, 1.165) is 48.4 Å². The largest absolute Gasteiger partial charge is 0.396 e. The fourth-order valence-electron chi connectivity index (χ4n) is 2.17. The summed E-state index contributed by atoms with van der Waals surface area (Å²) < 4.78 is 0. The van der Waals surface area contributed by atoms with Crippen molar-refractivity contribution in [2.45, 2.75) is 33.1 Å². The van der Waals surface area contributed by atoms with Gasteiger partial charge in [-0.1, -0.05) is 12.2 Å². The lowest BCUT2D eigenvalue weighted by atomic mass is 10.1. The van der Waals surface area contributed by atoms with Gasteiger partial charge in [-0.3, -0.25) is 4.98 Å². The molecular weight excluding hydrogens is 258 g/mol. The summed E-state index contributed by atoms with van der Waals surface area (Å²) in [6.07, 6.45) is 2.91. The number of pyridine rings is 1. The molecule has 0 fully saturated rings. The summed E-state index contributed by atoms with van der Waals surface area (Å²) in [5.74, 6) is 0. The molecule has 0 unspecified atom stereocenters. The molecular formula is C14H23N3OS. The Hall–Kier alpha value is -1.20. The molecule has 0 bridgehead atoms. The first-order valence-corrected chi connectivity index (χ1v) is 6.98. The normalized spacial score (nSPS) is 10.5. The molecule has 1 aromatic rings. The van der Waals surface area contributed by atoms with Crippen molar-refractivity contribution in [1.29, 1.82) is 0 Å². The van der Waals surface area contributed by atoms with Gasteiger partial charge in [-0.05, 0) is 39.2 Å². The first kappa shape index (κ1) is 15.9. The molecule has 0 aliphatic heterocycles. The average Bonchev–Trinajstić information content (AvgIpc) is 2.32. The van der Waals surface area contributed by atoms with E-state index >= 15 is 0 Å². The van der Waals surface area contributed by atoms with Gasteiger partial charge < -0.3 is 15.7 Å². The van der Waals surface area contributed by atoms with Crippen LogP contribution in [0.5, 0.6) is 0 Å². The molecule has 0 amide bonds. The number of hydrogen-bond acceptors (Lipinski definition) is 4. The van der Waals surface area contributed by atoms with Crippen molar-refractivity contribution < 1.29 is 5.11 Å². The highest BCUT2D eigenvalue weighted by atomic mass is 32.1. The molecule has 4 nitrogen and oxygen atoms in total. The number of aliphatic hydroxyl groups is 1. The number of nitrogens with two attached hydrogens (primary N) is 1. The topological polar surface area (TPSA) is 62.4 Å². The van der Waals surface area contributed by atoms with Crippen LogP contribution in [0.25, 0.3) is 0 Å². The second kappa shape index (κ2) is 7.40. The van der Waals surface area contributed by atoms with Crippen LogP contribution in [0, 0.1) is 13.8 Å². The first-order chi connectivity index (χ1) is 8.97. The van der Waals surface area contributed by atoms with Crippen LogP contribution in [0.3, 0.4) is 0 Å². The molecule has 0 spiro atoms. The van der Waals surface area contributed by atoms with E-state index in [1.807, 2.05) is 27.0 Å². The zero-order chi connectivity index (χ0) is 14.4. The lowest BCUT2D eigenvalue weighted by Gasteiger charge is -2.23. The summed E-state index contributed by atoms with van der Waals surface area (Å²) in [6.45, 7) is 5.08. The highest BCUT2D eigenvalue weighted by Crippen LogP contribution is 2.23. The minimum Gasteiger partial charge on any atom is -0.396 e. The number of unbranched alkanes of at least 4 members (excludes halogenated alkanes) is 2. The molecule has 19 heavy (non-hydrogen) atoms. The third kappa shape index (κ3) is 4.44. The van der Waals surface area contributed by atoms with Gasteiger partial charge in [0.25, 0.3) is 0 Å². The average molecular weight is 281 g/mol. The predicted octanol–water partition coefficient (Wildman–Crippen LogP) is 1.93. The maximum atomic E-state index is 8.78. The number of aliphatic hydroxyl groups excluding tert-OH is 1. The van der Waals surface area contributed by atoms with Crippen LogP contribution in [0.1, 0.15) is 36.2 Å². The van der Waals surface area contributed by atoms with Gasteiger partial charge in [-0.15, -0.1) is 0 Å². The molecule has 0 aliphatic rings. The number of anilines is 1. The standard InChI is InChI=1S/C14H23N3OS/c1-10-9-12(13(14(15)19)11(2)16-10)17(3)7-5-4-6-8-18/h9,18H,4-8H2,1-3H3,(H2,15,19). The maximum Gasteiger partial charge on any atom is 0.107 e. The van der Waals surface area contributed by atoms with Crippen LogP contribution in [-0.2, 0) is 0 Å². The van der Waals surface area contributed by atoms with Crippen molar-refractivity contribution in [2.24, 2.45) is 5.73 Å². The second-order valence-corrected chi connectivity index (χ2v) is 5.25. The predicted molar refractivity (Wildman–Crippen MR) is 83.8 cm³/mol. The number of thiocarbonyl (C=S) groups is 1. The van der Waals surface area contributed by atoms with Crippen molar-refractivity contribution >= 4 is 22.9 Å². The van der Waals surface area contributed by atoms with Crippen molar-refractivity contribution in [3.63, 3.8) is 0 Å². The van der Waals surface area contributed by atoms with Crippen molar-refractivity contribution in [1.82, 2.24) is 4.98 Å². The summed E-state index contributed by atoms with van der Waals surface area (Å²) in [5, 5.41) is 8.78. The van der Waals surface area contributed by atoms with Crippen molar-refractivity contribution in [2.75, 3.05) is 25.1 Å². The Morgan fingerprint density at radius 2 is 2.05 bits per heavy atom. The van der Waals surface area contributed by atoms with Crippen LogP contribution < -0.4 is 10.6 Å². The van der Waals surface area contributed by atoms with Crippen LogP contribution in [0.4, 0.5) is 5.69 Å². The smallest absolute Gasteiger partial charge is 0.107 e. The van der Waals surface area contributed by atoms with Crippen LogP contribution >= 0.6 is 12.2 Å². The molecule has 0 saturated carbocycles. The summed E-state index contributed by atoms with van der Waals surface area (Å²) in [7, 11) is 2.04. The van der Waals surface area contributed by atoms with E-state index in [-0.39, 0.29) is 6.61 Å². The van der Waals surface area contributed by atoms with Gasteiger partial charge in [0.15, 0.2) is 0 Å². The Morgan fingerprint density at radius 3 is 2.63 bits per heavy atom. The fourth-order valence-corrected chi connectivity index (χ4v) is 2.42. The van der Waals surface area contributed by atoms with Crippen LogP contribution in [0.15, 0.2) is 6.07 Å². The SMILES string of the molecule is Cc1cc(N(C)CCCCCO)c(C(N)=S)c(C)n1. The van der Waals surface area contributed by atoms with Crippen LogP contribution in [0.2, 0.25) is 0 Å². The van der Waals surface area contributed by atoms with Crippen molar-refractivity contribution in [3.05, 3.63) is 23.0 Å². The molecule has 0 saturated heterocycles. The number of nitrogens with zero attached hydrogens (tertiary/aromatic N) is 2. The summed E-state index contributed by atoms with van der Waals surface area (Å²) in [4.78, 5) is 6.97. The fraction of sp³-hybridized carbons (Fsp3) is 0.571. The second-order valence-electron chi connectivity index (χ2n) is 4.81.